The molecule has 6 heteroatoms. The fraction of sp³-hybridized carbons (Fsp3) is 0.286. The second-order valence-corrected chi connectivity index (χ2v) is 3.66. The maximum atomic E-state index is 10.8. The monoisotopic (exact) mass is 196 g/mol. The van der Waals surface area contributed by atoms with Gasteiger partial charge in [0.1, 0.15) is 10.8 Å². The molecule has 0 amide bonds. The molecule has 2 aromatic rings. The summed E-state index contributed by atoms with van der Waals surface area (Å²) in [6, 6.07) is 0. The molecule has 13 heavy (non-hydrogen) atoms. The molecule has 0 atom stereocenters. The number of aryl methyl sites for hydroxylation is 1. The van der Waals surface area contributed by atoms with E-state index in [2.05, 4.69) is 15.2 Å². The molecule has 68 valence electrons. The summed E-state index contributed by atoms with van der Waals surface area (Å²) in [7, 11) is 0. The first kappa shape index (κ1) is 8.18. The molecule has 2 rings (SSSR count). The summed E-state index contributed by atoms with van der Waals surface area (Å²) in [6.45, 7) is 2.52. The number of nitrogens with one attached hydrogen (secondary N) is 1. The number of hydrogen-bond acceptors (Lipinski definition) is 4. The molecule has 0 aliphatic carbocycles. The molecule has 0 aliphatic rings. The summed E-state index contributed by atoms with van der Waals surface area (Å²) in [5, 5.41) is 7.01. The van der Waals surface area contributed by atoms with Gasteiger partial charge in [0, 0.05) is 12.4 Å². The minimum Gasteiger partial charge on any atom is -0.328 e. The lowest BCUT2D eigenvalue weighted by Crippen LogP contribution is -2.00. The number of aromatic nitrogens is 4. The molecule has 0 aliphatic heterocycles. The maximum absolute atomic E-state index is 10.8. The van der Waals surface area contributed by atoms with E-state index in [0.29, 0.717) is 6.54 Å². The van der Waals surface area contributed by atoms with E-state index < -0.39 is 0 Å². The molecule has 2 aromatic heterocycles. The summed E-state index contributed by atoms with van der Waals surface area (Å²) in [5.41, 5.74) is 0. The molecule has 0 radical (unpaired) electrons. The van der Waals surface area contributed by atoms with Crippen LogP contribution in [0.2, 0.25) is 0 Å². The number of nitrogens with zero attached hydrogens (tertiary/aromatic N) is 3. The number of H-pyrrole nitrogens is 1. The third kappa shape index (κ3) is 1.67. The Kier molecular flexibility index (Phi) is 1.97. The summed E-state index contributed by atoms with van der Waals surface area (Å²) >= 11 is 1.12. The van der Waals surface area contributed by atoms with Crippen LogP contribution in [0.3, 0.4) is 0 Å². The Morgan fingerprint density at radius 2 is 2.54 bits per heavy atom. The lowest BCUT2D eigenvalue weighted by Gasteiger charge is -1.99. The zero-order chi connectivity index (χ0) is 9.26. The van der Waals surface area contributed by atoms with Crippen molar-refractivity contribution in [3.05, 3.63) is 32.9 Å². The third-order valence-corrected chi connectivity index (χ3v) is 2.44. The Morgan fingerprint density at radius 3 is 3.08 bits per heavy atom. The molecule has 0 bridgehead atoms. The molecule has 0 saturated heterocycles. The molecular formula is C7H8N4OS. The van der Waals surface area contributed by atoms with Crippen molar-refractivity contribution < 1.29 is 0 Å². The Hall–Kier alpha value is -1.43. The fourth-order valence-corrected chi connectivity index (χ4v) is 1.65. The van der Waals surface area contributed by atoms with Crippen LogP contribution in [0, 0.1) is 6.92 Å². The van der Waals surface area contributed by atoms with E-state index in [0.717, 1.165) is 22.2 Å². The zero-order valence-electron chi connectivity index (χ0n) is 7.02. The van der Waals surface area contributed by atoms with Crippen molar-refractivity contribution in [3.8, 4) is 0 Å². The fourth-order valence-electron chi connectivity index (χ4n) is 1.04. The average molecular weight is 196 g/mol. The van der Waals surface area contributed by atoms with Gasteiger partial charge in [0.05, 0.1) is 6.54 Å². The van der Waals surface area contributed by atoms with Gasteiger partial charge >= 0.3 is 4.87 Å². The van der Waals surface area contributed by atoms with Crippen molar-refractivity contribution in [2.45, 2.75) is 13.5 Å². The number of imidazole rings is 1. The van der Waals surface area contributed by atoms with Crippen LogP contribution in [0.15, 0.2) is 17.2 Å². The van der Waals surface area contributed by atoms with Crippen LogP contribution < -0.4 is 4.87 Å². The smallest absolute Gasteiger partial charge is 0.322 e. The highest BCUT2D eigenvalue weighted by atomic mass is 32.1. The predicted octanol–water partition coefficient (Wildman–Crippen LogP) is 0.385. The average Bonchev–Trinajstić information content (AvgIpc) is 2.64. The standard InChI is InChI=1S/C7H8N4OS/c1-5-8-2-3-11(5)4-6-9-10-7(12)13-6/h2-3H,4H2,1H3,(H,10,12). The molecular weight excluding hydrogens is 188 g/mol. The van der Waals surface area contributed by atoms with Gasteiger partial charge in [-0.2, -0.15) is 5.10 Å². The van der Waals surface area contributed by atoms with E-state index in [-0.39, 0.29) is 4.87 Å². The van der Waals surface area contributed by atoms with E-state index in [1.54, 1.807) is 6.20 Å². The Balaban J connectivity index is 2.24. The van der Waals surface area contributed by atoms with E-state index in [9.17, 15) is 4.79 Å². The van der Waals surface area contributed by atoms with Crippen molar-refractivity contribution in [2.24, 2.45) is 0 Å². The topological polar surface area (TPSA) is 63.6 Å². The Morgan fingerprint density at radius 1 is 1.69 bits per heavy atom. The molecule has 1 N–H and O–H groups in total. The van der Waals surface area contributed by atoms with E-state index in [1.165, 1.54) is 0 Å². The molecule has 0 fully saturated rings. The van der Waals surface area contributed by atoms with Crippen LogP contribution in [-0.4, -0.2) is 19.7 Å². The Bertz CT molecular complexity index is 455. The number of rotatable bonds is 2. The quantitative estimate of drug-likeness (QED) is 0.755. The molecule has 0 unspecified atom stereocenters. The van der Waals surface area contributed by atoms with Crippen molar-refractivity contribution >= 4 is 11.3 Å². The van der Waals surface area contributed by atoms with Crippen molar-refractivity contribution in [2.75, 3.05) is 0 Å². The van der Waals surface area contributed by atoms with E-state index in [1.807, 2.05) is 17.7 Å². The second-order valence-electron chi connectivity index (χ2n) is 2.61. The van der Waals surface area contributed by atoms with Gasteiger partial charge in [0.2, 0.25) is 0 Å². The normalized spacial score (nSPS) is 10.5. The lowest BCUT2D eigenvalue weighted by molar-refractivity contribution is 0.745. The van der Waals surface area contributed by atoms with Crippen molar-refractivity contribution in [1.82, 2.24) is 19.7 Å². The lowest BCUT2D eigenvalue weighted by atomic mass is 10.6. The highest BCUT2D eigenvalue weighted by Crippen LogP contribution is 2.02. The summed E-state index contributed by atoms with van der Waals surface area (Å²) in [5.74, 6) is 0.919. The van der Waals surface area contributed by atoms with Crippen LogP contribution in [-0.2, 0) is 6.54 Å². The van der Waals surface area contributed by atoms with Gasteiger partial charge in [-0.15, -0.1) is 0 Å². The summed E-state index contributed by atoms with van der Waals surface area (Å²) < 4.78 is 1.94. The number of aromatic amines is 1. The molecule has 5 nitrogen and oxygen atoms in total. The molecule has 0 saturated carbocycles. The van der Waals surface area contributed by atoms with Gasteiger partial charge in [-0.3, -0.25) is 4.79 Å². The predicted molar refractivity (Wildman–Crippen MR) is 48.8 cm³/mol. The molecule has 2 heterocycles. The van der Waals surface area contributed by atoms with Crippen LogP contribution in [0.1, 0.15) is 10.8 Å². The third-order valence-electron chi connectivity index (χ3n) is 1.71. The van der Waals surface area contributed by atoms with Gasteiger partial charge in [0.15, 0.2) is 0 Å². The maximum Gasteiger partial charge on any atom is 0.322 e. The minimum absolute atomic E-state index is 0.118. The van der Waals surface area contributed by atoms with Gasteiger partial charge in [-0.1, -0.05) is 11.3 Å². The van der Waals surface area contributed by atoms with Crippen LogP contribution in [0.25, 0.3) is 0 Å². The van der Waals surface area contributed by atoms with Crippen LogP contribution in [0.5, 0.6) is 0 Å². The summed E-state index contributed by atoms with van der Waals surface area (Å²) in [6.07, 6.45) is 3.59. The van der Waals surface area contributed by atoms with Gasteiger partial charge in [-0.25, -0.2) is 10.1 Å². The first-order chi connectivity index (χ1) is 6.25. The van der Waals surface area contributed by atoms with Crippen LogP contribution in [0.4, 0.5) is 0 Å². The van der Waals surface area contributed by atoms with E-state index in [4.69, 9.17) is 0 Å². The highest BCUT2D eigenvalue weighted by Gasteiger charge is 2.02. The van der Waals surface area contributed by atoms with Gasteiger partial charge in [-0.05, 0) is 6.92 Å². The second kappa shape index (κ2) is 3.14. The summed E-state index contributed by atoms with van der Waals surface area (Å²) in [4.78, 5) is 14.7. The van der Waals surface area contributed by atoms with E-state index >= 15 is 0 Å². The first-order valence-corrected chi connectivity index (χ1v) is 4.59. The largest absolute Gasteiger partial charge is 0.328 e. The Labute approximate surface area is 78.1 Å². The highest BCUT2D eigenvalue weighted by molar-refractivity contribution is 7.08. The van der Waals surface area contributed by atoms with Gasteiger partial charge in [0.25, 0.3) is 0 Å². The molecule has 0 aromatic carbocycles. The van der Waals surface area contributed by atoms with Gasteiger partial charge < -0.3 is 4.57 Å². The van der Waals surface area contributed by atoms with Crippen molar-refractivity contribution in [3.63, 3.8) is 0 Å². The SMILES string of the molecule is Cc1nccn1Cc1n[nH]c(=O)s1. The minimum atomic E-state index is -0.118. The first-order valence-electron chi connectivity index (χ1n) is 3.78. The van der Waals surface area contributed by atoms with Crippen LogP contribution >= 0.6 is 11.3 Å². The number of hydrogen-bond donors (Lipinski definition) is 1. The van der Waals surface area contributed by atoms with Crippen molar-refractivity contribution in [1.29, 1.82) is 0 Å². The zero-order valence-corrected chi connectivity index (χ0v) is 7.84. The molecule has 0 spiro atoms.